The maximum absolute atomic E-state index is 13.2. The Kier molecular flexibility index (Phi) is 6.36. The van der Waals surface area contributed by atoms with Crippen LogP contribution in [0.25, 0.3) is 33.4 Å². The fourth-order valence-electron chi connectivity index (χ4n) is 4.84. The topological polar surface area (TPSA) is 70.0 Å². The number of H-pyrrole nitrogens is 1. The van der Waals surface area contributed by atoms with E-state index >= 15 is 0 Å². The van der Waals surface area contributed by atoms with Crippen LogP contribution in [0.2, 0.25) is 0 Å². The van der Waals surface area contributed by atoms with Gasteiger partial charge in [-0.05, 0) is 50.8 Å². The van der Waals surface area contributed by atoms with Gasteiger partial charge in [-0.15, -0.1) is 0 Å². The molecule has 7 nitrogen and oxygen atoms in total. The Labute approximate surface area is 212 Å². The number of fused-ring (bicyclic) bond motifs is 2. The number of nitrogens with zero attached hydrogens (tertiary/aromatic N) is 5. The summed E-state index contributed by atoms with van der Waals surface area (Å²) in [5, 5.41) is 5.72. The van der Waals surface area contributed by atoms with E-state index in [1.807, 2.05) is 48.8 Å². The molecule has 0 radical (unpaired) electrons. The number of carbonyl (C=O) groups excluding carboxylic acids is 1. The van der Waals surface area contributed by atoms with Gasteiger partial charge in [0.15, 0.2) is 0 Å². The SMILES string of the molecule is CC1c2c(-c3ccnc4[nH]ccc34)c(-c3ccc(C(F)(F)F)cc3)nn2CCN1C(=O)C=CCN(C)C. The zero-order chi connectivity index (χ0) is 26.3. The van der Waals surface area contributed by atoms with E-state index in [0.717, 1.165) is 34.3 Å². The quantitative estimate of drug-likeness (QED) is 0.380. The largest absolute Gasteiger partial charge is 0.416 e. The second-order valence-corrected chi connectivity index (χ2v) is 9.38. The van der Waals surface area contributed by atoms with E-state index in [1.165, 1.54) is 12.1 Å². The minimum atomic E-state index is -4.42. The first kappa shape index (κ1) is 24.8. The molecule has 0 aliphatic carbocycles. The number of likely N-dealkylation sites (N-methyl/N-ethyl adjacent to an activating group) is 1. The van der Waals surface area contributed by atoms with Crippen molar-refractivity contribution in [1.82, 2.24) is 29.5 Å². The molecule has 1 amide bonds. The molecule has 1 aliphatic rings. The molecule has 0 saturated heterocycles. The van der Waals surface area contributed by atoms with E-state index in [9.17, 15) is 18.0 Å². The van der Waals surface area contributed by atoms with E-state index in [0.29, 0.717) is 36.5 Å². The Hall–Kier alpha value is -3.92. The number of hydrogen-bond acceptors (Lipinski definition) is 4. The molecule has 0 saturated carbocycles. The highest BCUT2D eigenvalue weighted by molar-refractivity contribution is 5.98. The van der Waals surface area contributed by atoms with Crippen LogP contribution in [0.15, 0.2) is 60.9 Å². The van der Waals surface area contributed by atoms with Crippen molar-refractivity contribution >= 4 is 16.9 Å². The van der Waals surface area contributed by atoms with E-state index in [4.69, 9.17) is 5.10 Å². The third-order valence-corrected chi connectivity index (χ3v) is 6.64. The summed E-state index contributed by atoms with van der Waals surface area (Å²) in [5.74, 6) is -0.0923. The number of rotatable bonds is 5. The van der Waals surface area contributed by atoms with Gasteiger partial charge >= 0.3 is 6.18 Å². The lowest BCUT2D eigenvalue weighted by Crippen LogP contribution is -2.40. The summed E-state index contributed by atoms with van der Waals surface area (Å²) in [6.45, 7) is 3.56. The van der Waals surface area contributed by atoms with Crippen molar-refractivity contribution in [3.05, 3.63) is 72.2 Å². The average Bonchev–Trinajstić information content (AvgIpc) is 3.49. The number of hydrogen-bond donors (Lipinski definition) is 1. The number of aromatic nitrogens is 4. The molecule has 1 unspecified atom stereocenters. The van der Waals surface area contributed by atoms with Crippen molar-refractivity contribution in [2.75, 3.05) is 27.2 Å². The van der Waals surface area contributed by atoms with Crippen LogP contribution in [0.3, 0.4) is 0 Å². The van der Waals surface area contributed by atoms with Crippen molar-refractivity contribution in [2.45, 2.75) is 25.7 Å². The Morgan fingerprint density at radius 1 is 1.16 bits per heavy atom. The summed E-state index contributed by atoms with van der Waals surface area (Å²) in [5.41, 5.74) is 3.60. The second kappa shape index (κ2) is 9.51. The highest BCUT2D eigenvalue weighted by Gasteiger charge is 2.34. The van der Waals surface area contributed by atoms with Crippen molar-refractivity contribution < 1.29 is 18.0 Å². The number of nitrogens with one attached hydrogen (secondary N) is 1. The van der Waals surface area contributed by atoms with Gasteiger partial charge in [0, 0.05) is 48.1 Å². The van der Waals surface area contributed by atoms with Gasteiger partial charge in [0.25, 0.3) is 0 Å². The Morgan fingerprint density at radius 2 is 1.92 bits per heavy atom. The Balaban J connectivity index is 1.64. The van der Waals surface area contributed by atoms with Gasteiger partial charge in [0.2, 0.25) is 5.91 Å². The van der Waals surface area contributed by atoms with Gasteiger partial charge in [-0.25, -0.2) is 4.98 Å². The van der Waals surface area contributed by atoms with Crippen molar-refractivity contribution in [2.24, 2.45) is 0 Å². The number of amides is 1. The normalized spacial score (nSPS) is 16.2. The average molecular weight is 509 g/mol. The third kappa shape index (κ3) is 4.64. The first-order valence-corrected chi connectivity index (χ1v) is 12.0. The molecule has 37 heavy (non-hydrogen) atoms. The standard InChI is InChI=1S/C27H27F3N6O/c1-17-25-23(20-10-12-31-26-21(20)11-13-32-26)24(18-6-8-19(9-7-18)27(28,29)30)33-36(25)16-15-35(17)22(37)5-4-14-34(2)3/h4-13,17H,14-16H2,1-3H3,(H,31,32). The molecule has 1 aliphatic heterocycles. The predicted molar refractivity (Wildman–Crippen MR) is 136 cm³/mol. The van der Waals surface area contributed by atoms with Crippen LogP contribution in [0.4, 0.5) is 13.2 Å². The van der Waals surface area contributed by atoms with Gasteiger partial charge in [-0.3, -0.25) is 9.48 Å². The summed E-state index contributed by atoms with van der Waals surface area (Å²) in [6, 6.07) is 8.54. The van der Waals surface area contributed by atoms with Crippen LogP contribution in [-0.2, 0) is 17.5 Å². The van der Waals surface area contributed by atoms with Crippen molar-refractivity contribution in [1.29, 1.82) is 0 Å². The summed E-state index contributed by atoms with van der Waals surface area (Å²) < 4.78 is 41.5. The molecular weight excluding hydrogens is 481 g/mol. The van der Waals surface area contributed by atoms with E-state index in [2.05, 4.69) is 9.97 Å². The van der Waals surface area contributed by atoms with Gasteiger partial charge < -0.3 is 14.8 Å². The van der Waals surface area contributed by atoms with E-state index in [1.54, 1.807) is 23.4 Å². The highest BCUT2D eigenvalue weighted by Crippen LogP contribution is 2.43. The number of benzene rings is 1. The lowest BCUT2D eigenvalue weighted by atomic mass is 9.93. The zero-order valence-corrected chi connectivity index (χ0v) is 20.8. The van der Waals surface area contributed by atoms with Gasteiger partial charge in [0.1, 0.15) is 11.3 Å². The monoisotopic (exact) mass is 508 g/mol. The lowest BCUT2D eigenvalue weighted by molar-refractivity contribution is -0.137. The van der Waals surface area contributed by atoms with Gasteiger partial charge in [0.05, 0.1) is 23.8 Å². The van der Waals surface area contributed by atoms with Gasteiger partial charge in [-0.1, -0.05) is 18.2 Å². The molecule has 0 bridgehead atoms. The van der Waals surface area contributed by atoms with Crippen LogP contribution in [0.1, 0.15) is 24.2 Å². The molecule has 1 aromatic carbocycles. The summed E-state index contributed by atoms with van der Waals surface area (Å²) in [7, 11) is 3.87. The molecule has 3 aromatic heterocycles. The summed E-state index contributed by atoms with van der Waals surface area (Å²) >= 11 is 0. The molecule has 4 aromatic rings. The summed E-state index contributed by atoms with van der Waals surface area (Å²) in [6.07, 6.45) is 2.49. The molecule has 4 heterocycles. The predicted octanol–water partition coefficient (Wildman–Crippen LogP) is 5.13. The highest BCUT2D eigenvalue weighted by atomic mass is 19.4. The fraction of sp³-hybridized carbons (Fsp3) is 0.296. The molecule has 0 fully saturated rings. The van der Waals surface area contributed by atoms with Crippen LogP contribution < -0.4 is 0 Å². The minimum Gasteiger partial charge on any atom is -0.346 e. The molecule has 0 spiro atoms. The number of carbonyl (C=O) groups is 1. The maximum Gasteiger partial charge on any atom is 0.416 e. The van der Waals surface area contributed by atoms with Crippen molar-refractivity contribution in [3.8, 4) is 22.4 Å². The van der Waals surface area contributed by atoms with Gasteiger partial charge in [-0.2, -0.15) is 18.3 Å². The first-order chi connectivity index (χ1) is 17.6. The maximum atomic E-state index is 13.2. The molecule has 10 heteroatoms. The van der Waals surface area contributed by atoms with Crippen LogP contribution in [0, 0.1) is 0 Å². The van der Waals surface area contributed by atoms with Crippen LogP contribution in [-0.4, -0.2) is 62.6 Å². The minimum absolute atomic E-state index is 0.0923. The molecule has 1 N–H and O–H groups in total. The van der Waals surface area contributed by atoms with Crippen molar-refractivity contribution in [3.63, 3.8) is 0 Å². The number of aromatic amines is 1. The Bertz CT molecular complexity index is 1470. The van der Waals surface area contributed by atoms with Crippen LogP contribution in [0.5, 0.6) is 0 Å². The van der Waals surface area contributed by atoms with E-state index < -0.39 is 11.7 Å². The Morgan fingerprint density at radius 3 is 2.62 bits per heavy atom. The molecule has 5 rings (SSSR count). The zero-order valence-electron chi connectivity index (χ0n) is 20.8. The smallest absolute Gasteiger partial charge is 0.346 e. The molecular formula is C27H27F3N6O. The second-order valence-electron chi connectivity index (χ2n) is 9.38. The lowest BCUT2D eigenvalue weighted by Gasteiger charge is -2.34. The first-order valence-electron chi connectivity index (χ1n) is 12.0. The third-order valence-electron chi connectivity index (χ3n) is 6.64. The molecule has 192 valence electrons. The summed E-state index contributed by atoms with van der Waals surface area (Å²) in [4.78, 5) is 24.4. The van der Waals surface area contributed by atoms with E-state index in [-0.39, 0.29) is 11.9 Å². The number of pyridine rings is 1. The number of alkyl halides is 3. The fourth-order valence-corrected chi connectivity index (χ4v) is 4.84. The number of halogens is 3. The molecule has 1 atom stereocenters. The van der Waals surface area contributed by atoms with Crippen LogP contribution >= 0.6 is 0 Å².